The summed E-state index contributed by atoms with van der Waals surface area (Å²) in [6.07, 6.45) is -2.19. The fraction of sp³-hybridized carbons (Fsp3) is 0.542. The van der Waals surface area contributed by atoms with Gasteiger partial charge in [0.05, 0.1) is 18.2 Å². The molecule has 0 atom stereocenters. The maximum Gasteiger partial charge on any atom is 0.417 e. The molecule has 0 radical (unpaired) electrons. The van der Waals surface area contributed by atoms with Crippen LogP contribution in [0.15, 0.2) is 18.2 Å². The lowest BCUT2D eigenvalue weighted by atomic mass is 9.70. The van der Waals surface area contributed by atoms with Gasteiger partial charge < -0.3 is 14.0 Å². The van der Waals surface area contributed by atoms with E-state index in [0.717, 1.165) is 25.3 Å². The van der Waals surface area contributed by atoms with Crippen molar-refractivity contribution >= 4 is 11.9 Å². The number of esters is 2. The minimum Gasteiger partial charge on any atom is -0.464 e. The summed E-state index contributed by atoms with van der Waals surface area (Å²) in [5.74, 6) is -1.14. The van der Waals surface area contributed by atoms with Crippen LogP contribution in [0.5, 0.6) is 0 Å². The Kier molecular flexibility index (Phi) is 6.39. The van der Waals surface area contributed by atoms with Crippen LogP contribution in [-0.4, -0.2) is 34.2 Å². The molecule has 9 heteroatoms. The van der Waals surface area contributed by atoms with Crippen LogP contribution >= 0.6 is 0 Å². The highest BCUT2D eigenvalue weighted by Gasteiger charge is 2.42. The van der Waals surface area contributed by atoms with Crippen molar-refractivity contribution in [1.82, 2.24) is 9.55 Å². The largest absolute Gasteiger partial charge is 0.464 e. The number of hydrogen-bond acceptors (Lipinski definition) is 5. The second kappa shape index (κ2) is 8.50. The minimum atomic E-state index is -4.79. The third-order valence-corrected chi connectivity index (χ3v) is 5.98. The van der Waals surface area contributed by atoms with Gasteiger partial charge in [0.25, 0.3) is 0 Å². The predicted molar refractivity (Wildman–Crippen MR) is 115 cm³/mol. The molecule has 1 aliphatic rings. The standard InChI is InChI=1S/C24H29F3N2O4/c1-14-18(20(31)32-6)28-21(23(5)11-8-12-23)29(14)13-15-9-7-10-16(17(15)24(25,26)27)19(30)33-22(2,3)4/h7,9-10H,8,11-13H2,1-6H3. The van der Waals surface area contributed by atoms with Gasteiger partial charge in [0, 0.05) is 17.7 Å². The fourth-order valence-electron chi connectivity index (χ4n) is 4.15. The normalized spacial score (nSPS) is 15.7. The summed E-state index contributed by atoms with van der Waals surface area (Å²) < 4.78 is 54.3. The molecule has 0 aliphatic heterocycles. The number of halogens is 3. The number of rotatable bonds is 5. The van der Waals surface area contributed by atoms with Crippen LogP contribution in [-0.2, 0) is 27.6 Å². The zero-order valence-corrected chi connectivity index (χ0v) is 19.7. The van der Waals surface area contributed by atoms with Crippen molar-refractivity contribution in [1.29, 1.82) is 0 Å². The van der Waals surface area contributed by atoms with Crippen molar-refractivity contribution in [2.45, 2.75) is 77.6 Å². The lowest BCUT2D eigenvalue weighted by Crippen LogP contribution is -2.34. The minimum absolute atomic E-state index is 0.0810. The second-order valence-corrected chi connectivity index (χ2v) is 9.70. The second-order valence-electron chi connectivity index (χ2n) is 9.70. The molecule has 1 saturated carbocycles. The highest BCUT2D eigenvalue weighted by Crippen LogP contribution is 2.44. The lowest BCUT2D eigenvalue weighted by Gasteiger charge is -2.38. The Morgan fingerprint density at radius 3 is 2.27 bits per heavy atom. The predicted octanol–water partition coefficient (Wildman–Crippen LogP) is 5.44. The van der Waals surface area contributed by atoms with Gasteiger partial charge in [-0.25, -0.2) is 14.6 Å². The van der Waals surface area contributed by atoms with Gasteiger partial charge in [-0.15, -0.1) is 0 Å². The van der Waals surface area contributed by atoms with E-state index in [0.29, 0.717) is 11.5 Å². The van der Waals surface area contributed by atoms with E-state index in [2.05, 4.69) is 4.98 Å². The van der Waals surface area contributed by atoms with Crippen LogP contribution < -0.4 is 0 Å². The van der Waals surface area contributed by atoms with Gasteiger partial charge in [0.15, 0.2) is 5.69 Å². The fourth-order valence-corrected chi connectivity index (χ4v) is 4.15. The van der Waals surface area contributed by atoms with Gasteiger partial charge in [-0.3, -0.25) is 0 Å². The first-order valence-corrected chi connectivity index (χ1v) is 10.8. The van der Waals surface area contributed by atoms with Gasteiger partial charge in [0.1, 0.15) is 11.4 Å². The molecule has 1 aliphatic carbocycles. The summed E-state index contributed by atoms with van der Waals surface area (Å²) in [7, 11) is 1.23. The molecule has 1 aromatic heterocycles. The van der Waals surface area contributed by atoms with Gasteiger partial charge in [-0.1, -0.05) is 25.5 Å². The Morgan fingerprint density at radius 2 is 1.79 bits per heavy atom. The zero-order valence-electron chi connectivity index (χ0n) is 19.7. The molecule has 1 heterocycles. The number of nitrogens with zero attached hydrogens (tertiary/aromatic N) is 2. The average Bonchev–Trinajstić information content (AvgIpc) is 3.00. The van der Waals surface area contributed by atoms with E-state index >= 15 is 0 Å². The molecule has 0 unspecified atom stereocenters. The topological polar surface area (TPSA) is 70.4 Å². The molecule has 6 nitrogen and oxygen atoms in total. The summed E-state index contributed by atoms with van der Waals surface area (Å²) in [4.78, 5) is 29.3. The molecule has 0 amide bonds. The molecule has 1 fully saturated rings. The molecule has 1 aromatic carbocycles. The molecule has 2 aromatic rings. The number of imidazole rings is 1. The van der Waals surface area contributed by atoms with Crippen molar-refractivity contribution in [2.24, 2.45) is 0 Å². The Hall–Kier alpha value is -2.84. The smallest absolute Gasteiger partial charge is 0.417 e. The molecule has 0 N–H and O–H groups in total. The number of benzene rings is 1. The molecule has 0 spiro atoms. The first-order chi connectivity index (χ1) is 15.2. The van der Waals surface area contributed by atoms with E-state index in [-0.39, 0.29) is 23.2 Å². The van der Waals surface area contributed by atoms with E-state index in [1.165, 1.54) is 19.2 Å². The molecule has 33 heavy (non-hydrogen) atoms. The van der Waals surface area contributed by atoms with Crippen LogP contribution in [0.3, 0.4) is 0 Å². The number of hydrogen-bond donors (Lipinski definition) is 0. The van der Waals surface area contributed by atoms with E-state index in [1.54, 1.807) is 32.3 Å². The van der Waals surface area contributed by atoms with Crippen molar-refractivity contribution in [3.8, 4) is 0 Å². The van der Waals surface area contributed by atoms with Crippen molar-refractivity contribution < 1.29 is 32.2 Å². The molecular formula is C24H29F3N2O4. The van der Waals surface area contributed by atoms with E-state index in [4.69, 9.17) is 9.47 Å². The van der Waals surface area contributed by atoms with Crippen LogP contribution in [0.4, 0.5) is 13.2 Å². The quantitative estimate of drug-likeness (QED) is 0.549. The first-order valence-electron chi connectivity index (χ1n) is 10.8. The van der Waals surface area contributed by atoms with Gasteiger partial charge in [-0.05, 0) is 52.2 Å². The summed E-state index contributed by atoms with van der Waals surface area (Å²) in [6, 6.07) is 3.86. The molecule has 180 valence electrons. The number of carbonyl (C=O) groups is 2. The van der Waals surface area contributed by atoms with E-state index in [1.807, 2.05) is 6.92 Å². The van der Waals surface area contributed by atoms with Gasteiger partial charge in [-0.2, -0.15) is 13.2 Å². The lowest BCUT2D eigenvalue weighted by molar-refractivity contribution is -0.139. The summed E-state index contributed by atoms with van der Waals surface area (Å²) in [5.41, 5.74) is -2.49. The molecule has 0 saturated heterocycles. The number of carbonyl (C=O) groups excluding carboxylic acids is 2. The first kappa shape index (κ1) is 24.8. The Balaban J connectivity index is 2.16. The average molecular weight is 467 g/mol. The SMILES string of the molecule is COC(=O)c1nc(C2(C)CCC2)n(Cc2cccc(C(=O)OC(C)(C)C)c2C(F)(F)F)c1C. The summed E-state index contributed by atoms with van der Waals surface area (Å²) in [5, 5.41) is 0. The van der Waals surface area contributed by atoms with Crippen LogP contribution in [0.2, 0.25) is 0 Å². The van der Waals surface area contributed by atoms with Crippen molar-refractivity contribution in [3.05, 3.63) is 52.1 Å². The summed E-state index contributed by atoms with van der Waals surface area (Å²) >= 11 is 0. The van der Waals surface area contributed by atoms with Crippen LogP contribution in [0.25, 0.3) is 0 Å². The van der Waals surface area contributed by atoms with Gasteiger partial charge >= 0.3 is 18.1 Å². The van der Waals surface area contributed by atoms with Crippen molar-refractivity contribution in [2.75, 3.05) is 7.11 Å². The highest BCUT2D eigenvalue weighted by atomic mass is 19.4. The number of aromatic nitrogens is 2. The maximum absolute atomic E-state index is 14.2. The molecule has 3 rings (SSSR count). The Bertz CT molecular complexity index is 1080. The molecule has 0 bridgehead atoms. The van der Waals surface area contributed by atoms with E-state index < -0.39 is 34.8 Å². The highest BCUT2D eigenvalue weighted by molar-refractivity contribution is 5.92. The van der Waals surface area contributed by atoms with Crippen LogP contribution in [0.1, 0.15) is 90.4 Å². The third kappa shape index (κ3) is 4.91. The number of alkyl halides is 3. The maximum atomic E-state index is 14.2. The van der Waals surface area contributed by atoms with E-state index in [9.17, 15) is 22.8 Å². The summed E-state index contributed by atoms with van der Waals surface area (Å²) in [6.45, 7) is 8.20. The molecular weight excluding hydrogens is 437 g/mol. The van der Waals surface area contributed by atoms with Crippen molar-refractivity contribution in [3.63, 3.8) is 0 Å². The Morgan fingerprint density at radius 1 is 1.15 bits per heavy atom. The Labute approximate surface area is 191 Å². The third-order valence-electron chi connectivity index (χ3n) is 5.98. The van der Waals surface area contributed by atoms with Gasteiger partial charge in [0.2, 0.25) is 0 Å². The number of ether oxygens (including phenoxy) is 2. The number of methoxy groups -OCH3 is 1. The van der Waals surface area contributed by atoms with Crippen LogP contribution in [0, 0.1) is 6.92 Å². The zero-order chi connectivity index (χ0) is 24.8. The monoisotopic (exact) mass is 466 g/mol.